The molecule has 0 saturated carbocycles. The second kappa shape index (κ2) is 9.49. The van der Waals surface area contributed by atoms with Crippen molar-refractivity contribution in [3.05, 3.63) is 65.1 Å². The van der Waals surface area contributed by atoms with Crippen molar-refractivity contribution < 1.29 is 9.21 Å². The molecular weight excluding hydrogens is 430 g/mol. The molecular formula is C22H23N5O2S2. The highest BCUT2D eigenvalue weighted by Gasteiger charge is 2.19. The van der Waals surface area contributed by atoms with Crippen molar-refractivity contribution in [1.29, 1.82) is 0 Å². The highest BCUT2D eigenvalue weighted by molar-refractivity contribution is 7.98. The van der Waals surface area contributed by atoms with Crippen molar-refractivity contribution in [2.24, 2.45) is 0 Å². The maximum atomic E-state index is 11.8. The molecule has 1 aromatic carbocycles. The smallest absolute Gasteiger partial charge is 0.225 e. The zero-order valence-electron chi connectivity index (χ0n) is 17.6. The van der Waals surface area contributed by atoms with E-state index >= 15 is 0 Å². The minimum absolute atomic E-state index is 0.00113. The number of anilines is 1. The van der Waals surface area contributed by atoms with Crippen LogP contribution in [0.2, 0.25) is 0 Å². The first-order chi connectivity index (χ1) is 15.1. The van der Waals surface area contributed by atoms with Crippen LogP contribution in [0.1, 0.15) is 30.9 Å². The number of furan rings is 1. The van der Waals surface area contributed by atoms with E-state index in [1.54, 1.807) is 29.8 Å². The van der Waals surface area contributed by atoms with Crippen LogP contribution in [0.3, 0.4) is 0 Å². The SMILES string of the molecule is CCN(C(C)=O)c1nc(CSc2nnc(-c3ccoc3C)n2Cc2ccccc2)cs1. The molecule has 0 fully saturated rings. The van der Waals surface area contributed by atoms with Gasteiger partial charge in [-0.15, -0.1) is 21.5 Å². The van der Waals surface area contributed by atoms with E-state index in [1.807, 2.05) is 43.5 Å². The zero-order chi connectivity index (χ0) is 21.8. The Balaban J connectivity index is 1.58. The second-order valence-electron chi connectivity index (χ2n) is 6.94. The predicted molar refractivity (Wildman–Crippen MR) is 123 cm³/mol. The average Bonchev–Trinajstić information content (AvgIpc) is 3.48. The molecule has 31 heavy (non-hydrogen) atoms. The number of carbonyl (C=O) groups is 1. The number of rotatable bonds is 8. The summed E-state index contributed by atoms with van der Waals surface area (Å²) in [4.78, 5) is 18.1. The van der Waals surface area contributed by atoms with E-state index < -0.39 is 0 Å². The topological polar surface area (TPSA) is 77.1 Å². The molecule has 0 N–H and O–H groups in total. The number of nitrogens with zero attached hydrogens (tertiary/aromatic N) is 5. The summed E-state index contributed by atoms with van der Waals surface area (Å²) in [6.07, 6.45) is 1.67. The highest BCUT2D eigenvalue weighted by Crippen LogP contribution is 2.30. The van der Waals surface area contributed by atoms with E-state index in [1.165, 1.54) is 16.9 Å². The van der Waals surface area contributed by atoms with Crippen LogP contribution in [0.15, 0.2) is 57.6 Å². The maximum Gasteiger partial charge on any atom is 0.225 e. The van der Waals surface area contributed by atoms with Crippen molar-refractivity contribution in [3.63, 3.8) is 0 Å². The Kier molecular flexibility index (Phi) is 6.53. The number of amides is 1. The number of benzene rings is 1. The molecule has 0 bridgehead atoms. The number of carbonyl (C=O) groups excluding carboxylic acids is 1. The van der Waals surface area contributed by atoms with Gasteiger partial charge in [0.25, 0.3) is 0 Å². The van der Waals surface area contributed by atoms with Crippen LogP contribution in [0.4, 0.5) is 5.13 Å². The average molecular weight is 454 g/mol. The molecule has 7 nitrogen and oxygen atoms in total. The first-order valence-corrected chi connectivity index (χ1v) is 11.8. The molecule has 0 saturated heterocycles. The number of thioether (sulfide) groups is 1. The van der Waals surface area contributed by atoms with Gasteiger partial charge in [0.05, 0.1) is 24.1 Å². The second-order valence-corrected chi connectivity index (χ2v) is 8.72. The summed E-state index contributed by atoms with van der Waals surface area (Å²) in [5.74, 6) is 2.24. The van der Waals surface area contributed by atoms with Gasteiger partial charge in [0.1, 0.15) is 5.76 Å². The highest BCUT2D eigenvalue weighted by atomic mass is 32.2. The third kappa shape index (κ3) is 4.72. The third-order valence-corrected chi connectivity index (χ3v) is 6.73. The largest absolute Gasteiger partial charge is 0.469 e. The fourth-order valence-electron chi connectivity index (χ4n) is 3.24. The monoisotopic (exact) mass is 453 g/mol. The Labute approximate surface area is 189 Å². The standard InChI is InChI=1S/C22H23N5O2S2/c1-4-26(16(3)28)21-23-18(13-30-21)14-31-22-25-24-20(19-10-11-29-15(19)2)27(22)12-17-8-6-5-7-9-17/h5-11,13H,4,12,14H2,1-3H3. The van der Waals surface area contributed by atoms with Gasteiger partial charge in [0.15, 0.2) is 16.1 Å². The molecule has 3 heterocycles. The van der Waals surface area contributed by atoms with E-state index in [0.717, 1.165) is 33.1 Å². The van der Waals surface area contributed by atoms with Crippen molar-refractivity contribution >= 4 is 34.1 Å². The van der Waals surface area contributed by atoms with E-state index in [9.17, 15) is 4.79 Å². The zero-order valence-corrected chi connectivity index (χ0v) is 19.2. The number of hydrogen-bond donors (Lipinski definition) is 0. The van der Waals surface area contributed by atoms with Gasteiger partial charge < -0.3 is 4.42 Å². The molecule has 4 aromatic rings. The maximum absolute atomic E-state index is 11.8. The van der Waals surface area contributed by atoms with Gasteiger partial charge >= 0.3 is 0 Å². The Morgan fingerprint density at radius 2 is 2.03 bits per heavy atom. The number of hydrogen-bond acceptors (Lipinski definition) is 7. The van der Waals surface area contributed by atoms with Gasteiger partial charge in [0, 0.05) is 24.6 Å². The summed E-state index contributed by atoms with van der Waals surface area (Å²) in [6.45, 7) is 6.70. The van der Waals surface area contributed by atoms with Gasteiger partial charge in [-0.3, -0.25) is 14.3 Å². The first-order valence-electron chi connectivity index (χ1n) is 9.93. The molecule has 9 heteroatoms. The number of thiazole rings is 1. The van der Waals surface area contributed by atoms with Crippen molar-refractivity contribution in [2.75, 3.05) is 11.4 Å². The predicted octanol–water partition coefficient (Wildman–Crippen LogP) is 5.02. The minimum Gasteiger partial charge on any atom is -0.469 e. The lowest BCUT2D eigenvalue weighted by Gasteiger charge is -2.14. The Bertz CT molecular complexity index is 1170. The van der Waals surface area contributed by atoms with Crippen molar-refractivity contribution in [1.82, 2.24) is 19.7 Å². The molecule has 4 rings (SSSR count). The summed E-state index contributed by atoms with van der Waals surface area (Å²) in [6, 6.07) is 12.2. The summed E-state index contributed by atoms with van der Waals surface area (Å²) in [5.41, 5.74) is 3.02. The van der Waals surface area contributed by atoms with E-state index in [0.29, 0.717) is 18.8 Å². The van der Waals surface area contributed by atoms with Gasteiger partial charge in [-0.05, 0) is 25.5 Å². The Morgan fingerprint density at radius 3 is 2.71 bits per heavy atom. The Morgan fingerprint density at radius 1 is 1.23 bits per heavy atom. The van der Waals surface area contributed by atoms with Crippen LogP contribution in [0, 0.1) is 6.92 Å². The fraction of sp³-hybridized carbons (Fsp3) is 0.273. The van der Waals surface area contributed by atoms with Gasteiger partial charge in [0.2, 0.25) is 5.91 Å². The summed E-state index contributed by atoms with van der Waals surface area (Å²) in [7, 11) is 0. The number of aromatic nitrogens is 4. The molecule has 160 valence electrons. The number of aryl methyl sites for hydroxylation is 1. The lowest BCUT2D eigenvalue weighted by Crippen LogP contribution is -2.27. The molecule has 0 radical (unpaired) electrons. The molecule has 3 aromatic heterocycles. The molecule has 0 aliphatic heterocycles. The summed E-state index contributed by atoms with van der Waals surface area (Å²) in [5, 5.41) is 12.4. The molecule has 0 spiro atoms. The minimum atomic E-state index is -0.00113. The molecule has 0 unspecified atom stereocenters. The molecule has 1 amide bonds. The Hall–Kier alpha value is -2.91. The molecule has 0 atom stereocenters. The van der Waals surface area contributed by atoms with E-state index in [-0.39, 0.29) is 5.91 Å². The van der Waals surface area contributed by atoms with Crippen LogP contribution in [-0.2, 0) is 17.1 Å². The van der Waals surface area contributed by atoms with Gasteiger partial charge in [-0.25, -0.2) is 4.98 Å². The quantitative estimate of drug-likeness (QED) is 0.349. The van der Waals surface area contributed by atoms with Crippen LogP contribution in [0.25, 0.3) is 11.4 Å². The van der Waals surface area contributed by atoms with Crippen molar-refractivity contribution in [2.45, 2.75) is 38.2 Å². The van der Waals surface area contributed by atoms with Gasteiger partial charge in [-0.2, -0.15) is 0 Å². The third-order valence-electron chi connectivity index (χ3n) is 4.82. The van der Waals surface area contributed by atoms with Crippen LogP contribution < -0.4 is 4.90 Å². The lowest BCUT2D eigenvalue weighted by atomic mass is 10.2. The lowest BCUT2D eigenvalue weighted by molar-refractivity contribution is -0.116. The normalized spacial score (nSPS) is 11.1. The molecule has 0 aliphatic carbocycles. The summed E-state index contributed by atoms with van der Waals surface area (Å²) >= 11 is 3.07. The summed E-state index contributed by atoms with van der Waals surface area (Å²) < 4.78 is 7.60. The fourth-order valence-corrected chi connectivity index (χ4v) is 5.11. The first kappa shape index (κ1) is 21.3. The van der Waals surface area contributed by atoms with E-state index in [2.05, 4.69) is 31.9 Å². The van der Waals surface area contributed by atoms with Crippen LogP contribution in [-0.4, -0.2) is 32.2 Å². The van der Waals surface area contributed by atoms with E-state index in [4.69, 9.17) is 4.42 Å². The van der Waals surface area contributed by atoms with Crippen LogP contribution in [0.5, 0.6) is 0 Å². The van der Waals surface area contributed by atoms with Crippen LogP contribution >= 0.6 is 23.1 Å². The van der Waals surface area contributed by atoms with Gasteiger partial charge in [-0.1, -0.05) is 42.1 Å². The molecule has 0 aliphatic rings. The van der Waals surface area contributed by atoms with Crippen molar-refractivity contribution in [3.8, 4) is 11.4 Å².